The topological polar surface area (TPSA) is 69.6 Å². The first kappa shape index (κ1) is 29.1. The number of halogens is 2. The number of carbonyl (C=O) groups excluding carboxylic acids is 2. The Morgan fingerprint density at radius 3 is 2.17 bits per heavy atom. The smallest absolute Gasteiger partial charge is 0.257 e. The van der Waals surface area contributed by atoms with Crippen LogP contribution in [0.2, 0.25) is 0 Å². The Morgan fingerprint density at radius 1 is 0.929 bits per heavy atom. The number of aryl methyl sites for hydroxylation is 2. The van der Waals surface area contributed by atoms with E-state index in [2.05, 4.69) is 46.1 Å². The minimum absolute atomic E-state index is 0.0417. The molecule has 0 radical (unpaired) electrons. The minimum Gasteiger partial charge on any atom is -0.342 e. The van der Waals surface area contributed by atoms with E-state index < -0.39 is 5.92 Å². The van der Waals surface area contributed by atoms with Crippen LogP contribution in [-0.4, -0.2) is 87.7 Å². The minimum atomic E-state index is -2.63. The summed E-state index contributed by atoms with van der Waals surface area (Å²) < 4.78 is 27.5. The van der Waals surface area contributed by atoms with Crippen LogP contribution < -0.4 is 0 Å². The molecule has 9 heteroatoms. The summed E-state index contributed by atoms with van der Waals surface area (Å²) in [5.74, 6) is -1.92. The van der Waals surface area contributed by atoms with E-state index in [1.54, 1.807) is 0 Å². The van der Waals surface area contributed by atoms with Crippen molar-refractivity contribution in [3.8, 4) is 0 Å². The second-order valence-corrected chi connectivity index (χ2v) is 13.4. The normalized spacial score (nSPS) is 28.7. The molecule has 3 saturated heterocycles. The summed E-state index contributed by atoms with van der Waals surface area (Å²) in [7, 11) is 0. The van der Waals surface area contributed by atoms with Crippen molar-refractivity contribution in [2.45, 2.75) is 76.7 Å². The van der Waals surface area contributed by atoms with Gasteiger partial charge in [-0.25, -0.2) is 18.7 Å². The van der Waals surface area contributed by atoms with Crippen LogP contribution in [0.15, 0.2) is 36.7 Å². The molecule has 7 nitrogen and oxygen atoms in total. The number of hydrogen-bond donors (Lipinski definition) is 0. The van der Waals surface area contributed by atoms with Gasteiger partial charge in [0.1, 0.15) is 6.33 Å². The fourth-order valence-corrected chi connectivity index (χ4v) is 8.23. The lowest BCUT2D eigenvalue weighted by Gasteiger charge is -2.37. The lowest BCUT2D eigenvalue weighted by Crippen LogP contribution is -2.44. The molecule has 4 unspecified atom stereocenters. The van der Waals surface area contributed by atoms with Crippen LogP contribution in [0.25, 0.3) is 0 Å². The molecule has 1 aromatic heterocycles. The van der Waals surface area contributed by atoms with Gasteiger partial charge in [0.25, 0.3) is 5.91 Å². The molecule has 4 fully saturated rings. The molecule has 2 aromatic rings. The molecule has 1 aromatic carbocycles. The summed E-state index contributed by atoms with van der Waals surface area (Å²) in [6.45, 7) is 10.8. The zero-order chi connectivity index (χ0) is 29.6. The van der Waals surface area contributed by atoms with Crippen LogP contribution in [-0.2, 0) is 10.2 Å². The lowest BCUT2D eigenvalue weighted by atomic mass is 9.74. The highest BCUT2D eigenvalue weighted by Crippen LogP contribution is 2.43. The van der Waals surface area contributed by atoms with Gasteiger partial charge in [-0.05, 0) is 63.9 Å². The third-order valence-electron chi connectivity index (χ3n) is 10.7. The van der Waals surface area contributed by atoms with Gasteiger partial charge in [-0.3, -0.25) is 14.5 Å². The Hall–Kier alpha value is -2.94. The second kappa shape index (κ2) is 11.3. The van der Waals surface area contributed by atoms with Gasteiger partial charge in [-0.1, -0.05) is 30.3 Å². The van der Waals surface area contributed by atoms with Crippen LogP contribution in [0.4, 0.5) is 8.78 Å². The molecule has 1 aliphatic carbocycles. The Labute approximate surface area is 247 Å². The highest BCUT2D eigenvalue weighted by atomic mass is 19.3. The first-order valence-electron chi connectivity index (χ1n) is 15.6. The van der Waals surface area contributed by atoms with E-state index in [9.17, 15) is 18.4 Å². The van der Waals surface area contributed by atoms with Gasteiger partial charge in [-0.2, -0.15) is 0 Å². The molecule has 4 aliphatic rings. The second-order valence-electron chi connectivity index (χ2n) is 13.4. The number of nitrogens with zero attached hydrogens (tertiary/aromatic N) is 5. The number of alkyl halides is 2. The number of fused-ring (bicyclic) bond motifs is 1. The van der Waals surface area contributed by atoms with Gasteiger partial charge in [0.05, 0.1) is 17.0 Å². The van der Waals surface area contributed by atoms with Crippen LogP contribution in [0, 0.1) is 31.6 Å². The molecular weight excluding hydrogens is 536 g/mol. The van der Waals surface area contributed by atoms with Crippen molar-refractivity contribution in [1.82, 2.24) is 24.7 Å². The number of aromatic nitrogens is 2. The van der Waals surface area contributed by atoms with Crippen molar-refractivity contribution in [3.63, 3.8) is 0 Å². The third kappa shape index (κ3) is 5.56. The Balaban J connectivity index is 1.11. The summed E-state index contributed by atoms with van der Waals surface area (Å²) in [4.78, 5) is 41.9. The lowest BCUT2D eigenvalue weighted by molar-refractivity contribution is -0.138. The fourth-order valence-electron chi connectivity index (χ4n) is 8.23. The van der Waals surface area contributed by atoms with Crippen molar-refractivity contribution in [3.05, 3.63) is 59.2 Å². The molecule has 4 heterocycles. The predicted octanol–water partition coefficient (Wildman–Crippen LogP) is 4.87. The molecule has 4 atom stereocenters. The monoisotopic (exact) mass is 579 g/mol. The molecule has 0 spiro atoms. The summed E-state index contributed by atoms with van der Waals surface area (Å²) in [5.41, 5.74) is 3.20. The van der Waals surface area contributed by atoms with E-state index >= 15 is 0 Å². The molecule has 1 saturated carbocycles. The number of benzene rings is 1. The molecule has 6 rings (SSSR count). The van der Waals surface area contributed by atoms with Gasteiger partial charge in [0, 0.05) is 69.5 Å². The maximum atomic E-state index is 13.8. The van der Waals surface area contributed by atoms with Gasteiger partial charge in [0.2, 0.25) is 11.8 Å². The van der Waals surface area contributed by atoms with Crippen LogP contribution in [0.3, 0.4) is 0 Å². The standard InChI is InChI=1S/C33H43F2N5O2/c1-22(39-16-26-18-40(19-27(26)17-39)31(42)29-23(2)36-21-37-24(29)3)15-32(28-7-5-4-6-8-28)13-14-38(20-32)30(41)25-9-11-33(34,35)12-10-25/h4-8,21-22,25-27H,9-20H2,1-3H3. The zero-order valence-electron chi connectivity index (χ0n) is 25.1. The highest BCUT2D eigenvalue weighted by Gasteiger charge is 2.48. The summed E-state index contributed by atoms with van der Waals surface area (Å²) >= 11 is 0. The third-order valence-corrected chi connectivity index (χ3v) is 10.7. The maximum Gasteiger partial charge on any atom is 0.257 e. The zero-order valence-corrected chi connectivity index (χ0v) is 25.1. The van der Waals surface area contributed by atoms with E-state index in [-0.39, 0.29) is 48.8 Å². The van der Waals surface area contributed by atoms with Gasteiger partial charge < -0.3 is 9.80 Å². The van der Waals surface area contributed by atoms with Gasteiger partial charge in [0.15, 0.2) is 0 Å². The van der Waals surface area contributed by atoms with E-state index in [0.717, 1.165) is 50.4 Å². The van der Waals surface area contributed by atoms with E-state index in [0.29, 0.717) is 36.5 Å². The molecule has 2 amide bonds. The molecule has 42 heavy (non-hydrogen) atoms. The summed E-state index contributed by atoms with van der Waals surface area (Å²) in [5, 5.41) is 0. The molecule has 3 aliphatic heterocycles. The summed E-state index contributed by atoms with van der Waals surface area (Å²) in [6.07, 6.45) is 3.53. The Kier molecular flexibility index (Phi) is 7.83. The number of amides is 2. The van der Waals surface area contributed by atoms with Crippen molar-refractivity contribution in [2.24, 2.45) is 17.8 Å². The number of rotatable bonds is 6. The number of likely N-dealkylation sites (tertiary alicyclic amines) is 3. The van der Waals surface area contributed by atoms with Crippen LogP contribution in [0.1, 0.15) is 72.8 Å². The average Bonchev–Trinajstić information content (AvgIpc) is 3.68. The predicted molar refractivity (Wildman–Crippen MR) is 156 cm³/mol. The van der Waals surface area contributed by atoms with Crippen molar-refractivity contribution in [1.29, 1.82) is 0 Å². The molecule has 226 valence electrons. The van der Waals surface area contributed by atoms with E-state index in [4.69, 9.17) is 0 Å². The Bertz CT molecular complexity index is 1280. The number of carbonyl (C=O) groups is 2. The van der Waals surface area contributed by atoms with Gasteiger partial charge >= 0.3 is 0 Å². The SMILES string of the molecule is Cc1ncnc(C)c1C(=O)N1CC2CN(C(C)CC3(c4ccccc4)CCN(C(=O)C4CCC(F)(F)CC4)C3)CC2C1. The highest BCUT2D eigenvalue weighted by molar-refractivity contribution is 5.96. The van der Waals surface area contributed by atoms with Crippen LogP contribution >= 0.6 is 0 Å². The molecular formula is C33H43F2N5O2. The first-order valence-corrected chi connectivity index (χ1v) is 15.6. The van der Waals surface area contributed by atoms with Crippen molar-refractivity contribution in [2.75, 3.05) is 39.3 Å². The van der Waals surface area contributed by atoms with Gasteiger partial charge in [-0.15, -0.1) is 0 Å². The molecule has 0 N–H and O–H groups in total. The quantitative estimate of drug-likeness (QED) is 0.489. The number of hydrogen-bond acceptors (Lipinski definition) is 5. The average molecular weight is 580 g/mol. The Morgan fingerprint density at radius 2 is 1.55 bits per heavy atom. The first-order chi connectivity index (χ1) is 20.1. The maximum absolute atomic E-state index is 13.8. The van der Waals surface area contributed by atoms with Crippen molar-refractivity contribution < 1.29 is 18.4 Å². The van der Waals surface area contributed by atoms with Crippen LogP contribution in [0.5, 0.6) is 0 Å². The summed E-state index contributed by atoms with van der Waals surface area (Å²) in [6, 6.07) is 10.9. The largest absolute Gasteiger partial charge is 0.342 e. The molecule has 0 bridgehead atoms. The fraction of sp³-hybridized carbons (Fsp3) is 0.636. The van der Waals surface area contributed by atoms with Crippen molar-refractivity contribution >= 4 is 11.8 Å². The van der Waals surface area contributed by atoms with E-state index in [1.165, 1.54) is 11.9 Å². The van der Waals surface area contributed by atoms with E-state index in [1.807, 2.05) is 29.7 Å².